The number of hydrogen-bond acceptors (Lipinski definition) is 3. The first-order valence-corrected chi connectivity index (χ1v) is 3.43. The molecule has 1 atom stereocenters. The van der Waals surface area contributed by atoms with Crippen LogP contribution < -0.4 is 5.32 Å². The number of ether oxygens (including phenoxy) is 1. The molecule has 0 bridgehead atoms. The average molecular weight is 157 g/mol. The van der Waals surface area contributed by atoms with Gasteiger partial charge in [0.15, 0.2) is 0 Å². The van der Waals surface area contributed by atoms with Crippen LogP contribution in [-0.2, 0) is 14.3 Å². The first kappa shape index (κ1) is 8.04. The summed E-state index contributed by atoms with van der Waals surface area (Å²) in [5.74, 6) is -0.409. The van der Waals surface area contributed by atoms with E-state index in [9.17, 15) is 9.59 Å². The zero-order valence-electron chi connectivity index (χ0n) is 6.64. The first-order chi connectivity index (χ1) is 5.08. The van der Waals surface area contributed by atoms with E-state index in [1.807, 2.05) is 0 Å². The Labute approximate surface area is 64.9 Å². The number of methoxy groups -OCH3 is 1. The Morgan fingerprint density at radius 1 is 1.73 bits per heavy atom. The van der Waals surface area contributed by atoms with Gasteiger partial charge in [-0.1, -0.05) is 0 Å². The van der Waals surface area contributed by atoms with Crippen molar-refractivity contribution in [1.82, 2.24) is 5.32 Å². The van der Waals surface area contributed by atoms with Gasteiger partial charge in [0.1, 0.15) is 0 Å². The van der Waals surface area contributed by atoms with Crippen LogP contribution in [0.5, 0.6) is 0 Å². The smallest absolute Gasteiger partial charge is 0.313 e. The van der Waals surface area contributed by atoms with Gasteiger partial charge in [-0.05, 0) is 6.92 Å². The van der Waals surface area contributed by atoms with Crippen molar-refractivity contribution < 1.29 is 14.3 Å². The summed E-state index contributed by atoms with van der Waals surface area (Å²) >= 11 is 0. The van der Waals surface area contributed by atoms with Crippen LogP contribution in [0.3, 0.4) is 0 Å². The lowest BCUT2D eigenvalue weighted by Crippen LogP contribution is -2.31. The second-order valence-electron chi connectivity index (χ2n) is 3.01. The van der Waals surface area contributed by atoms with Gasteiger partial charge in [0.25, 0.3) is 0 Å². The molecule has 1 heterocycles. The maximum atomic E-state index is 11.1. The zero-order chi connectivity index (χ0) is 8.48. The van der Waals surface area contributed by atoms with Gasteiger partial charge in [-0.3, -0.25) is 9.59 Å². The molecule has 0 unspecified atom stereocenters. The van der Waals surface area contributed by atoms with Crippen molar-refractivity contribution >= 4 is 11.9 Å². The minimum Gasteiger partial charge on any atom is -0.469 e. The van der Waals surface area contributed by atoms with E-state index in [2.05, 4.69) is 10.1 Å². The summed E-state index contributed by atoms with van der Waals surface area (Å²) in [5, 5.41) is 2.59. The van der Waals surface area contributed by atoms with Gasteiger partial charge in [0.05, 0.1) is 12.5 Å². The number of hydrogen-bond donors (Lipinski definition) is 1. The van der Waals surface area contributed by atoms with Crippen molar-refractivity contribution in [3.8, 4) is 0 Å². The van der Waals surface area contributed by atoms with Gasteiger partial charge in [-0.25, -0.2) is 0 Å². The predicted octanol–water partition coefficient (Wildman–Crippen LogP) is -0.314. The number of nitrogens with one attached hydrogen (secondary N) is 1. The van der Waals surface area contributed by atoms with Crippen LogP contribution in [0.1, 0.15) is 13.3 Å². The monoisotopic (exact) mass is 157 g/mol. The van der Waals surface area contributed by atoms with Crippen LogP contribution in [-0.4, -0.2) is 25.5 Å². The SMILES string of the molecule is COC(=O)[C@@]1(C)CNC(=O)C1. The molecule has 1 saturated heterocycles. The third-order valence-corrected chi connectivity index (χ3v) is 1.90. The van der Waals surface area contributed by atoms with E-state index < -0.39 is 5.41 Å². The summed E-state index contributed by atoms with van der Waals surface area (Å²) in [7, 11) is 1.33. The lowest BCUT2D eigenvalue weighted by Gasteiger charge is -2.16. The third kappa shape index (κ3) is 1.34. The summed E-state index contributed by atoms with van der Waals surface area (Å²) < 4.78 is 4.55. The molecule has 1 amide bonds. The highest BCUT2D eigenvalue weighted by molar-refractivity contribution is 5.89. The molecule has 1 fully saturated rings. The Hall–Kier alpha value is -1.06. The lowest BCUT2D eigenvalue weighted by atomic mass is 9.90. The zero-order valence-corrected chi connectivity index (χ0v) is 6.64. The molecule has 0 aliphatic carbocycles. The van der Waals surface area contributed by atoms with Gasteiger partial charge in [-0.15, -0.1) is 0 Å². The fourth-order valence-corrected chi connectivity index (χ4v) is 1.16. The van der Waals surface area contributed by atoms with E-state index >= 15 is 0 Å². The van der Waals surface area contributed by atoms with Crippen LogP contribution in [0.4, 0.5) is 0 Å². The second-order valence-corrected chi connectivity index (χ2v) is 3.01. The summed E-state index contributed by atoms with van der Waals surface area (Å²) in [6.07, 6.45) is 0.236. The Morgan fingerprint density at radius 2 is 2.36 bits per heavy atom. The number of rotatable bonds is 1. The molecule has 0 radical (unpaired) electrons. The molecule has 0 aromatic rings. The Morgan fingerprint density at radius 3 is 2.73 bits per heavy atom. The van der Waals surface area contributed by atoms with Crippen LogP contribution in [0, 0.1) is 5.41 Å². The quantitative estimate of drug-likeness (QED) is 0.531. The molecule has 0 spiro atoms. The maximum absolute atomic E-state index is 11.1. The summed E-state index contributed by atoms with van der Waals surface area (Å²) in [6, 6.07) is 0. The standard InChI is InChI=1S/C7H11NO3/c1-7(6(10)11-2)3-5(9)8-4-7/h3-4H2,1-2H3,(H,8,9)/t7-/m1/s1. The summed E-state index contributed by atoms with van der Waals surface area (Å²) in [4.78, 5) is 21.8. The van der Waals surface area contributed by atoms with E-state index in [1.165, 1.54) is 7.11 Å². The molecule has 1 rings (SSSR count). The number of carbonyl (C=O) groups is 2. The number of amides is 1. The topological polar surface area (TPSA) is 55.4 Å². The third-order valence-electron chi connectivity index (χ3n) is 1.90. The van der Waals surface area contributed by atoms with Gasteiger partial charge in [0.2, 0.25) is 5.91 Å². The lowest BCUT2D eigenvalue weighted by molar-refractivity contribution is -0.151. The van der Waals surface area contributed by atoms with Crippen molar-refractivity contribution in [1.29, 1.82) is 0 Å². The molecule has 1 aliphatic rings. The Kier molecular flexibility index (Phi) is 1.85. The molecule has 1 N–H and O–H groups in total. The van der Waals surface area contributed by atoms with Crippen LogP contribution >= 0.6 is 0 Å². The molecule has 62 valence electrons. The van der Waals surface area contributed by atoms with Crippen LogP contribution in [0.25, 0.3) is 0 Å². The number of esters is 1. The van der Waals surface area contributed by atoms with E-state index in [-0.39, 0.29) is 18.3 Å². The molecular formula is C7H11NO3. The maximum Gasteiger partial charge on any atom is 0.313 e. The van der Waals surface area contributed by atoms with Crippen molar-refractivity contribution in [3.63, 3.8) is 0 Å². The molecule has 0 aromatic heterocycles. The Balaban J connectivity index is 2.69. The molecule has 4 heteroatoms. The highest BCUT2D eigenvalue weighted by atomic mass is 16.5. The van der Waals surface area contributed by atoms with E-state index in [0.29, 0.717) is 6.54 Å². The van der Waals surface area contributed by atoms with E-state index in [0.717, 1.165) is 0 Å². The molecule has 11 heavy (non-hydrogen) atoms. The fraction of sp³-hybridized carbons (Fsp3) is 0.714. The molecule has 1 aliphatic heterocycles. The summed E-state index contributed by atoms with van der Waals surface area (Å²) in [6.45, 7) is 2.11. The van der Waals surface area contributed by atoms with Crippen molar-refractivity contribution in [2.24, 2.45) is 5.41 Å². The molecule has 4 nitrogen and oxygen atoms in total. The minimum absolute atomic E-state index is 0.0853. The minimum atomic E-state index is -0.647. The molecule has 0 aromatic carbocycles. The fourth-order valence-electron chi connectivity index (χ4n) is 1.16. The predicted molar refractivity (Wildman–Crippen MR) is 37.7 cm³/mol. The van der Waals surface area contributed by atoms with Crippen LogP contribution in [0.2, 0.25) is 0 Å². The van der Waals surface area contributed by atoms with Crippen molar-refractivity contribution in [2.45, 2.75) is 13.3 Å². The molecular weight excluding hydrogens is 146 g/mol. The largest absolute Gasteiger partial charge is 0.469 e. The van der Waals surface area contributed by atoms with Gasteiger partial charge >= 0.3 is 5.97 Å². The average Bonchev–Trinajstić information content (AvgIpc) is 2.31. The summed E-state index contributed by atoms with van der Waals surface area (Å²) in [5.41, 5.74) is -0.647. The normalized spacial score (nSPS) is 29.8. The second kappa shape index (κ2) is 2.53. The highest BCUT2D eigenvalue weighted by Crippen LogP contribution is 2.26. The van der Waals surface area contributed by atoms with Crippen molar-refractivity contribution in [3.05, 3.63) is 0 Å². The number of carbonyl (C=O) groups excluding carboxylic acids is 2. The van der Waals surface area contributed by atoms with Gasteiger partial charge in [-0.2, -0.15) is 0 Å². The first-order valence-electron chi connectivity index (χ1n) is 3.43. The Bertz CT molecular complexity index is 202. The van der Waals surface area contributed by atoms with E-state index in [1.54, 1.807) is 6.92 Å². The van der Waals surface area contributed by atoms with Gasteiger partial charge < -0.3 is 10.1 Å². The van der Waals surface area contributed by atoms with E-state index in [4.69, 9.17) is 0 Å². The highest BCUT2D eigenvalue weighted by Gasteiger charge is 2.41. The van der Waals surface area contributed by atoms with Crippen LogP contribution in [0.15, 0.2) is 0 Å². The van der Waals surface area contributed by atoms with Gasteiger partial charge in [0, 0.05) is 13.0 Å². The van der Waals surface area contributed by atoms with Crippen molar-refractivity contribution in [2.75, 3.05) is 13.7 Å². The molecule has 0 saturated carbocycles.